The Kier molecular flexibility index (Phi) is 7.81. The largest absolute Gasteiger partial charge is 0.379 e. The molecule has 1 heterocycles. The molecular weight excluding hydrogens is 362 g/mol. The lowest BCUT2D eigenvalue weighted by Gasteiger charge is -2.27. The van der Waals surface area contributed by atoms with Crippen molar-refractivity contribution in [3.05, 3.63) is 83.6 Å². The molecule has 1 aliphatic heterocycles. The second-order valence-electron chi connectivity index (χ2n) is 6.94. The molecule has 150 valence electrons. The minimum absolute atomic E-state index is 0.0715. The van der Waals surface area contributed by atoms with E-state index in [2.05, 4.69) is 20.9 Å². The first kappa shape index (κ1) is 20.6. The van der Waals surface area contributed by atoms with Crippen molar-refractivity contribution < 1.29 is 4.79 Å². The summed E-state index contributed by atoms with van der Waals surface area (Å²) in [7, 11) is 0. The lowest BCUT2D eigenvalue weighted by atomic mass is 9.99. The molecule has 0 aromatic heterocycles. The number of amides is 1. The molecule has 2 aromatic rings. The SMILES string of the molecule is N#C/C(=C/NC(c1ccccc1)c1ccccc1)C(=O)NCCN1CCNCC1. The van der Waals surface area contributed by atoms with E-state index in [0.29, 0.717) is 6.54 Å². The lowest BCUT2D eigenvalue weighted by Crippen LogP contribution is -2.46. The minimum Gasteiger partial charge on any atom is -0.379 e. The zero-order valence-electron chi connectivity index (χ0n) is 16.5. The summed E-state index contributed by atoms with van der Waals surface area (Å²) in [5.41, 5.74) is 2.19. The minimum atomic E-state index is -0.352. The normalized spacial score (nSPS) is 15.0. The van der Waals surface area contributed by atoms with Gasteiger partial charge < -0.3 is 16.0 Å². The van der Waals surface area contributed by atoms with Crippen LogP contribution in [-0.2, 0) is 4.79 Å². The first-order valence-electron chi connectivity index (χ1n) is 9.95. The van der Waals surface area contributed by atoms with Gasteiger partial charge in [0.25, 0.3) is 5.91 Å². The summed E-state index contributed by atoms with van der Waals surface area (Å²) in [5, 5.41) is 18.9. The Morgan fingerprint density at radius 3 is 2.21 bits per heavy atom. The molecule has 3 rings (SSSR count). The van der Waals surface area contributed by atoms with Gasteiger partial charge >= 0.3 is 0 Å². The van der Waals surface area contributed by atoms with Crippen LogP contribution in [-0.4, -0.2) is 50.1 Å². The Labute approximate surface area is 172 Å². The van der Waals surface area contributed by atoms with Gasteiger partial charge in [0.05, 0.1) is 6.04 Å². The van der Waals surface area contributed by atoms with Crippen molar-refractivity contribution >= 4 is 5.91 Å². The maximum atomic E-state index is 12.4. The molecule has 0 radical (unpaired) electrons. The molecule has 1 fully saturated rings. The van der Waals surface area contributed by atoms with Crippen LogP contribution in [0.5, 0.6) is 0 Å². The van der Waals surface area contributed by atoms with Crippen LogP contribution in [0.2, 0.25) is 0 Å². The number of piperazine rings is 1. The van der Waals surface area contributed by atoms with Crippen molar-refractivity contribution in [3.63, 3.8) is 0 Å². The summed E-state index contributed by atoms with van der Waals surface area (Å²) in [6.07, 6.45) is 1.52. The van der Waals surface area contributed by atoms with Gasteiger partial charge in [0.1, 0.15) is 11.6 Å². The molecule has 6 heteroatoms. The molecular formula is C23H27N5O. The average Bonchev–Trinajstić information content (AvgIpc) is 2.78. The van der Waals surface area contributed by atoms with Crippen molar-refractivity contribution in [2.45, 2.75) is 6.04 Å². The van der Waals surface area contributed by atoms with Crippen LogP contribution in [0, 0.1) is 11.3 Å². The molecule has 2 aromatic carbocycles. The van der Waals surface area contributed by atoms with E-state index in [1.807, 2.05) is 66.7 Å². The van der Waals surface area contributed by atoms with E-state index in [4.69, 9.17) is 0 Å². The van der Waals surface area contributed by atoms with Gasteiger partial charge in [0.15, 0.2) is 0 Å². The predicted octanol–water partition coefficient (Wildman–Crippen LogP) is 1.79. The van der Waals surface area contributed by atoms with Gasteiger partial charge in [-0.15, -0.1) is 0 Å². The zero-order chi connectivity index (χ0) is 20.3. The number of carbonyl (C=O) groups excluding carboxylic acids is 1. The molecule has 0 spiro atoms. The third kappa shape index (κ3) is 6.18. The summed E-state index contributed by atoms with van der Waals surface area (Å²) in [6, 6.07) is 21.8. The van der Waals surface area contributed by atoms with E-state index in [1.54, 1.807) is 0 Å². The van der Waals surface area contributed by atoms with Gasteiger partial charge in [-0.2, -0.15) is 5.26 Å². The Bertz CT molecular complexity index is 799. The molecule has 0 bridgehead atoms. The molecule has 1 saturated heterocycles. The molecule has 0 saturated carbocycles. The van der Waals surface area contributed by atoms with Crippen molar-refractivity contribution in [2.75, 3.05) is 39.3 Å². The molecule has 3 N–H and O–H groups in total. The van der Waals surface area contributed by atoms with Gasteiger partial charge in [-0.1, -0.05) is 60.7 Å². The highest BCUT2D eigenvalue weighted by Gasteiger charge is 2.15. The maximum absolute atomic E-state index is 12.4. The monoisotopic (exact) mass is 389 g/mol. The smallest absolute Gasteiger partial charge is 0.263 e. The fourth-order valence-corrected chi connectivity index (χ4v) is 3.35. The Morgan fingerprint density at radius 2 is 1.66 bits per heavy atom. The number of hydrogen-bond acceptors (Lipinski definition) is 5. The average molecular weight is 390 g/mol. The van der Waals surface area contributed by atoms with E-state index < -0.39 is 0 Å². The summed E-state index contributed by atoms with van der Waals surface area (Å²) < 4.78 is 0. The topological polar surface area (TPSA) is 80.2 Å². The Morgan fingerprint density at radius 1 is 1.07 bits per heavy atom. The highest BCUT2D eigenvalue weighted by molar-refractivity contribution is 5.97. The molecule has 0 unspecified atom stereocenters. The summed E-state index contributed by atoms with van der Waals surface area (Å²) in [5.74, 6) is -0.352. The van der Waals surface area contributed by atoms with Crippen molar-refractivity contribution in [1.29, 1.82) is 5.26 Å². The third-order valence-electron chi connectivity index (χ3n) is 4.95. The Balaban J connectivity index is 1.63. The van der Waals surface area contributed by atoms with Crippen LogP contribution < -0.4 is 16.0 Å². The van der Waals surface area contributed by atoms with E-state index in [-0.39, 0.29) is 17.5 Å². The molecule has 29 heavy (non-hydrogen) atoms. The number of carbonyl (C=O) groups is 1. The van der Waals surface area contributed by atoms with Gasteiger partial charge in [0.2, 0.25) is 0 Å². The number of nitrogens with one attached hydrogen (secondary N) is 3. The van der Waals surface area contributed by atoms with E-state index in [0.717, 1.165) is 43.9 Å². The van der Waals surface area contributed by atoms with Gasteiger partial charge in [-0.05, 0) is 11.1 Å². The zero-order valence-corrected chi connectivity index (χ0v) is 16.5. The highest BCUT2D eigenvalue weighted by atomic mass is 16.1. The van der Waals surface area contributed by atoms with Crippen molar-refractivity contribution in [2.24, 2.45) is 0 Å². The summed E-state index contributed by atoms with van der Waals surface area (Å²) in [6.45, 7) is 5.22. The standard InChI is InChI=1S/C23H27N5O/c24-17-21(23(29)26-13-16-28-14-11-25-12-15-28)18-27-22(19-7-3-1-4-8-19)20-9-5-2-6-10-20/h1-10,18,22,25,27H,11-16H2,(H,26,29)/b21-18-. The quantitative estimate of drug-likeness (QED) is 0.474. The highest BCUT2D eigenvalue weighted by Crippen LogP contribution is 2.21. The van der Waals surface area contributed by atoms with Crippen molar-refractivity contribution in [3.8, 4) is 6.07 Å². The predicted molar refractivity (Wildman–Crippen MR) is 114 cm³/mol. The number of rotatable bonds is 8. The molecule has 0 aliphatic carbocycles. The van der Waals surface area contributed by atoms with Crippen LogP contribution in [0.15, 0.2) is 72.4 Å². The third-order valence-corrected chi connectivity index (χ3v) is 4.95. The number of nitriles is 1. The second kappa shape index (κ2) is 11.0. The van der Waals surface area contributed by atoms with Crippen molar-refractivity contribution in [1.82, 2.24) is 20.9 Å². The molecule has 0 atom stereocenters. The van der Waals surface area contributed by atoms with Gasteiger partial charge in [-0.3, -0.25) is 9.69 Å². The van der Waals surface area contributed by atoms with Crippen LogP contribution in [0.3, 0.4) is 0 Å². The first-order valence-corrected chi connectivity index (χ1v) is 9.95. The summed E-state index contributed by atoms with van der Waals surface area (Å²) in [4.78, 5) is 14.7. The Hall–Kier alpha value is -3.14. The fourth-order valence-electron chi connectivity index (χ4n) is 3.35. The van der Waals surface area contributed by atoms with Gasteiger partial charge in [-0.25, -0.2) is 0 Å². The molecule has 1 aliphatic rings. The maximum Gasteiger partial charge on any atom is 0.263 e. The molecule has 1 amide bonds. The first-order chi connectivity index (χ1) is 14.3. The number of hydrogen-bond donors (Lipinski definition) is 3. The van der Waals surface area contributed by atoms with Gasteiger partial charge in [0, 0.05) is 45.5 Å². The fraction of sp³-hybridized carbons (Fsp3) is 0.304. The number of nitrogens with zero attached hydrogens (tertiary/aromatic N) is 2. The van der Waals surface area contributed by atoms with Crippen LogP contribution >= 0.6 is 0 Å². The van der Waals surface area contributed by atoms with Crippen LogP contribution in [0.4, 0.5) is 0 Å². The van der Waals surface area contributed by atoms with E-state index >= 15 is 0 Å². The number of benzene rings is 2. The second-order valence-corrected chi connectivity index (χ2v) is 6.94. The molecule has 6 nitrogen and oxygen atoms in total. The summed E-state index contributed by atoms with van der Waals surface area (Å²) >= 11 is 0. The van der Waals surface area contributed by atoms with E-state index in [9.17, 15) is 10.1 Å². The van der Waals surface area contributed by atoms with E-state index in [1.165, 1.54) is 6.20 Å². The lowest BCUT2D eigenvalue weighted by molar-refractivity contribution is -0.117. The van der Waals surface area contributed by atoms with Crippen LogP contribution in [0.1, 0.15) is 17.2 Å². The van der Waals surface area contributed by atoms with Crippen LogP contribution in [0.25, 0.3) is 0 Å².